The summed E-state index contributed by atoms with van der Waals surface area (Å²) >= 11 is 0. The van der Waals surface area contributed by atoms with Crippen LogP contribution in [0, 0.1) is 5.92 Å². The molecule has 0 aliphatic carbocycles. The van der Waals surface area contributed by atoms with Crippen molar-refractivity contribution in [2.45, 2.75) is 43.6 Å². The first-order valence-corrected chi connectivity index (χ1v) is 9.81. The minimum Gasteiger partial charge on any atom is -0.480 e. The highest BCUT2D eigenvalue weighted by Crippen LogP contribution is 2.40. The molecule has 1 fully saturated rings. The molecule has 0 bridgehead atoms. The monoisotopic (exact) mass is 352 g/mol. The lowest BCUT2D eigenvalue weighted by atomic mass is 9.97. The second-order valence-electron chi connectivity index (χ2n) is 6.75. The summed E-state index contributed by atoms with van der Waals surface area (Å²) in [5, 5.41) is 2.58. The molecule has 2 heterocycles. The minimum atomic E-state index is -3.51. The van der Waals surface area contributed by atoms with Gasteiger partial charge in [-0.3, -0.25) is 4.79 Å². The van der Waals surface area contributed by atoms with E-state index in [1.807, 2.05) is 6.92 Å². The van der Waals surface area contributed by atoms with Crippen molar-refractivity contribution in [3.63, 3.8) is 0 Å². The predicted molar refractivity (Wildman–Crippen MR) is 90.5 cm³/mol. The number of benzene rings is 1. The molecule has 1 amide bonds. The van der Waals surface area contributed by atoms with Crippen molar-refractivity contribution >= 4 is 15.9 Å². The smallest absolute Gasteiger partial charge is 0.261 e. The van der Waals surface area contributed by atoms with E-state index in [2.05, 4.69) is 12.2 Å². The molecule has 6 nitrogen and oxygen atoms in total. The number of rotatable bonds is 3. The number of carbonyl (C=O) groups excluding carboxylic acids is 1. The Morgan fingerprint density at radius 2 is 2.08 bits per heavy atom. The maximum atomic E-state index is 12.9. The lowest BCUT2D eigenvalue weighted by molar-refractivity contribution is -0.127. The van der Waals surface area contributed by atoms with Gasteiger partial charge in [-0.15, -0.1) is 0 Å². The Hall–Kier alpha value is -1.60. The van der Waals surface area contributed by atoms with Crippen LogP contribution in [0.15, 0.2) is 23.1 Å². The van der Waals surface area contributed by atoms with Gasteiger partial charge in [0.25, 0.3) is 5.91 Å². The molecule has 2 aliphatic rings. The Morgan fingerprint density at radius 1 is 1.33 bits per heavy atom. The van der Waals surface area contributed by atoms with Crippen LogP contribution in [0.4, 0.5) is 0 Å². The van der Waals surface area contributed by atoms with Crippen LogP contribution in [0.3, 0.4) is 0 Å². The fraction of sp³-hybridized carbons (Fsp3) is 0.588. The van der Waals surface area contributed by atoms with Gasteiger partial charge in [0.05, 0.1) is 4.90 Å². The number of piperidine rings is 1. The molecular formula is C17H24N2O4S. The topological polar surface area (TPSA) is 75.7 Å². The zero-order valence-electron chi connectivity index (χ0n) is 14.3. The second kappa shape index (κ2) is 6.37. The Labute approximate surface area is 143 Å². The SMILES string of the molecule is CNC(=O)C1Oc2ccc(S(=O)(=O)N3CCCC(C)C3)cc2C1C. The summed E-state index contributed by atoms with van der Waals surface area (Å²) in [4.78, 5) is 12.2. The maximum absolute atomic E-state index is 12.9. The third-order valence-corrected chi connectivity index (χ3v) is 6.80. The third-order valence-electron chi connectivity index (χ3n) is 4.94. The van der Waals surface area contributed by atoms with Crippen LogP contribution < -0.4 is 10.1 Å². The summed E-state index contributed by atoms with van der Waals surface area (Å²) in [5.41, 5.74) is 0.773. The largest absolute Gasteiger partial charge is 0.480 e. The van der Waals surface area contributed by atoms with Gasteiger partial charge < -0.3 is 10.1 Å². The number of hydrogen-bond acceptors (Lipinski definition) is 4. The number of fused-ring (bicyclic) bond motifs is 1. The number of carbonyl (C=O) groups is 1. The van der Waals surface area contributed by atoms with Crippen molar-refractivity contribution in [3.05, 3.63) is 23.8 Å². The van der Waals surface area contributed by atoms with Gasteiger partial charge in [0, 0.05) is 31.6 Å². The molecule has 0 aromatic heterocycles. The summed E-state index contributed by atoms with van der Waals surface area (Å²) in [6, 6.07) is 4.90. The zero-order chi connectivity index (χ0) is 17.5. The molecule has 0 radical (unpaired) electrons. The standard InChI is InChI=1S/C17H24N2O4S/c1-11-5-4-8-19(10-11)24(21,22)13-6-7-15-14(9-13)12(2)16(23-15)17(20)18-3/h6-7,9,11-12,16H,4-5,8,10H2,1-3H3,(H,18,20). The van der Waals surface area contributed by atoms with Crippen LogP contribution in [0.2, 0.25) is 0 Å². The van der Waals surface area contributed by atoms with Crippen LogP contribution in [0.1, 0.15) is 38.2 Å². The summed E-state index contributed by atoms with van der Waals surface area (Å²) in [5.74, 6) is 0.577. The van der Waals surface area contributed by atoms with Gasteiger partial charge in [-0.2, -0.15) is 4.31 Å². The van der Waals surface area contributed by atoms with Crippen LogP contribution in [0.5, 0.6) is 5.75 Å². The highest BCUT2D eigenvalue weighted by molar-refractivity contribution is 7.89. The van der Waals surface area contributed by atoms with Crippen molar-refractivity contribution in [2.75, 3.05) is 20.1 Å². The first-order valence-electron chi connectivity index (χ1n) is 8.37. The van der Waals surface area contributed by atoms with E-state index in [4.69, 9.17) is 4.74 Å². The van der Waals surface area contributed by atoms with Gasteiger partial charge in [0.1, 0.15) is 5.75 Å². The summed E-state index contributed by atoms with van der Waals surface area (Å²) in [6.07, 6.45) is 1.34. The Balaban J connectivity index is 1.90. The second-order valence-corrected chi connectivity index (χ2v) is 8.69. The van der Waals surface area contributed by atoms with Crippen molar-refractivity contribution < 1.29 is 17.9 Å². The summed E-state index contributed by atoms with van der Waals surface area (Å²) < 4.78 is 33.1. The molecule has 132 valence electrons. The van der Waals surface area contributed by atoms with Crippen LogP contribution >= 0.6 is 0 Å². The maximum Gasteiger partial charge on any atom is 0.261 e. The molecule has 3 unspecified atom stereocenters. The molecule has 24 heavy (non-hydrogen) atoms. The summed E-state index contributed by atoms with van der Waals surface area (Å²) in [7, 11) is -1.94. The first-order chi connectivity index (χ1) is 11.3. The molecule has 1 aromatic carbocycles. The van der Waals surface area contributed by atoms with E-state index < -0.39 is 16.1 Å². The van der Waals surface area contributed by atoms with Gasteiger partial charge in [-0.25, -0.2) is 8.42 Å². The number of sulfonamides is 1. The predicted octanol–water partition coefficient (Wildman–Crippen LogP) is 1.72. The average Bonchev–Trinajstić information content (AvgIpc) is 2.90. The van der Waals surface area contributed by atoms with E-state index in [1.165, 1.54) is 0 Å². The highest BCUT2D eigenvalue weighted by atomic mass is 32.2. The van der Waals surface area contributed by atoms with Crippen LogP contribution in [0.25, 0.3) is 0 Å². The van der Waals surface area contributed by atoms with Gasteiger partial charge in [0.15, 0.2) is 6.10 Å². The molecule has 0 spiro atoms. The molecular weight excluding hydrogens is 328 g/mol. The van der Waals surface area contributed by atoms with E-state index in [1.54, 1.807) is 29.6 Å². The fourth-order valence-corrected chi connectivity index (χ4v) is 5.12. The highest BCUT2D eigenvalue weighted by Gasteiger charge is 2.37. The number of amides is 1. The van der Waals surface area contributed by atoms with Gasteiger partial charge in [-0.05, 0) is 37.0 Å². The number of nitrogens with one attached hydrogen (secondary N) is 1. The molecule has 1 aromatic rings. The van der Waals surface area contributed by atoms with Crippen molar-refractivity contribution in [3.8, 4) is 5.75 Å². The number of ether oxygens (including phenoxy) is 1. The van der Waals surface area contributed by atoms with Crippen LogP contribution in [-0.4, -0.2) is 44.9 Å². The number of likely N-dealkylation sites (N-methyl/N-ethyl adjacent to an activating group) is 1. The minimum absolute atomic E-state index is 0.185. The quantitative estimate of drug-likeness (QED) is 0.899. The van der Waals surface area contributed by atoms with E-state index >= 15 is 0 Å². The van der Waals surface area contributed by atoms with Crippen molar-refractivity contribution in [1.29, 1.82) is 0 Å². The van der Waals surface area contributed by atoms with E-state index in [-0.39, 0.29) is 16.7 Å². The molecule has 3 rings (SSSR count). The van der Waals surface area contributed by atoms with E-state index in [0.29, 0.717) is 24.8 Å². The lowest BCUT2D eigenvalue weighted by Gasteiger charge is -2.30. The molecule has 7 heteroatoms. The van der Waals surface area contributed by atoms with Gasteiger partial charge >= 0.3 is 0 Å². The molecule has 1 N–H and O–H groups in total. The zero-order valence-corrected chi connectivity index (χ0v) is 15.1. The van der Waals surface area contributed by atoms with Crippen LogP contribution in [-0.2, 0) is 14.8 Å². The fourth-order valence-electron chi connectivity index (χ4n) is 3.49. The lowest BCUT2D eigenvalue weighted by Crippen LogP contribution is -2.39. The third kappa shape index (κ3) is 2.91. The molecule has 1 saturated heterocycles. The Morgan fingerprint density at radius 3 is 2.75 bits per heavy atom. The Kier molecular flexibility index (Phi) is 4.57. The van der Waals surface area contributed by atoms with Gasteiger partial charge in [-0.1, -0.05) is 13.8 Å². The molecule has 2 aliphatic heterocycles. The summed E-state index contributed by atoms with van der Waals surface area (Å²) in [6.45, 7) is 5.09. The van der Waals surface area contributed by atoms with Gasteiger partial charge in [0.2, 0.25) is 10.0 Å². The molecule has 3 atom stereocenters. The van der Waals surface area contributed by atoms with Crippen molar-refractivity contribution in [1.82, 2.24) is 9.62 Å². The Bertz CT molecular complexity index is 747. The number of nitrogens with zero attached hydrogens (tertiary/aromatic N) is 1. The average molecular weight is 352 g/mol. The number of hydrogen-bond donors (Lipinski definition) is 1. The first kappa shape index (κ1) is 17.2. The van der Waals surface area contributed by atoms with Crippen molar-refractivity contribution in [2.24, 2.45) is 5.92 Å². The normalized spacial score (nSPS) is 27.4. The van der Waals surface area contributed by atoms with E-state index in [0.717, 1.165) is 18.4 Å². The molecule has 0 saturated carbocycles. The van der Waals surface area contributed by atoms with E-state index in [9.17, 15) is 13.2 Å².